The Morgan fingerprint density at radius 3 is 2.90 bits per heavy atom. The molecule has 0 aliphatic heterocycles. The molecule has 0 saturated heterocycles. The van der Waals surface area contributed by atoms with Gasteiger partial charge in [-0.05, 0) is 41.7 Å². The fraction of sp³-hybridized carbons (Fsp3) is 0.467. The summed E-state index contributed by atoms with van der Waals surface area (Å²) in [5, 5.41) is 4.94. The first-order valence-electron chi connectivity index (χ1n) is 7.06. The van der Waals surface area contributed by atoms with Gasteiger partial charge in [0.1, 0.15) is 17.3 Å². The van der Waals surface area contributed by atoms with E-state index in [1.54, 1.807) is 17.7 Å². The highest BCUT2D eigenvalue weighted by atomic mass is 35.5. The van der Waals surface area contributed by atoms with Crippen molar-refractivity contribution in [1.82, 2.24) is 9.97 Å². The quantitative estimate of drug-likeness (QED) is 0.745. The molecule has 0 radical (unpaired) electrons. The van der Waals surface area contributed by atoms with Gasteiger partial charge < -0.3 is 4.90 Å². The van der Waals surface area contributed by atoms with Gasteiger partial charge in [-0.15, -0.1) is 0 Å². The van der Waals surface area contributed by atoms with Gasteiger partial charge in [0.15, 0.2) is 0 Å². The van der Waals surface area contributed by atoms with Crippen LogP contribution in [0.5, 0.6) is 0 Å². The molecule has 0 N–H and O–H groups in total. The van der Waals surface area contributed by atoms with Crippen LogP contribution in [0, 0.1) is 0 Å². The standard InChI is InChI=1S/C15H18ClN3S/c1-2-3-13-14(16)17-10-18-15(13)19(12-4-5-12)8-11-6-7-20-9-11/h6-7,9-10,12H,2-5,8H2,1H3. The predicted octanol–water partition coefficient (Wildman–Crippen LogP) is 4.31. The van der Waals surface area contributed by atoms with Gasteiger partial charge >= 0.3 is 0 Å². The molecule has 20 heavy (non-hydrogen) atoms. The highest BCUT2D eigenvalue weighted by Gasteiger charge is 2.32. The van der Waals surface area contributed by atoms with E-state index in [4.69, 9.17) is 11.6 Å². The summed E-state index contributed by atoms with van der Waals surface area (Å²) in [6, 6.07) is 2.79. The Bertz CT molecular complexity index is 567. The van der Waals surface area contributed by atoms with Crippen LogP contribution in [0.3, 0.4) is 0 Å². The maximum absolute atomic E-state index is 6.28. The molecule has 1 fully saturated rings. The van der Waals surface area contributed by atoms with Crippen molar-refractivity contribution in [2.45, 2.75) is 45.2 Å². The first-order chi connectivity index (χ1) is 9.79. The lowest BCUT2D eigenvalue weighted by atomic mass is 10.1. The zero-order chi connectivity index (χ0) is 13.9. The minimum absolute atomic E-state index is 0.604. The molecule has 2 aromatic rings. The first-order valence-corrected chi connectivity index (χ1v) is 8.38. The molecular weight excluding hydrogens is 290 g/mol. The zero-order valence-corrected chi connectivity index (χ0v) is 13.1. The average Bonchev–Trinajstić information content (AvgIpc) is 3.16. The lowest BCUT2D eigenvalue weighted by Crippen LogP contribution is -2.27. The van der Waals surface area contributed by atoms with E-state index in [2.05, 4.69) is 38.6 Å². The molecule has 1 saturated carbocycles. The third-order valence-corrected chi connectivity index (χ3v) is 4.62. The molecule has 3 rings (SSSR count). The maximum atomic E-state index is 6.28. The summed E-state index contributed by atoms with van der Waals surface area (Å²) in [6.07, 6.45) is 6.06. The highest BCUT2D eigenvalue weighted by Crippen LogP contribution is 2.35. The molecule has 2 heterocycles. The third-order valence-electron chi connectivity index (χ3n) is 3.56. The number of rotatable bonds is 6. The second kappa shape index (κ2) is 6.10. The molecule has 0 atom stereocenters. The minimum atomic E-state index is 0.604. The Kier molecular flexibility index (Phi) is 4.22. The normalized spacial score (nSPS) is 14.5. The lowest BCUT2D eigenvalue weighted by molar-refractivity contribution is 0.760. The van der Waals surface area contributed by atoms with Crippen molar-refractivity contribution in [1.29, 1.82) is 0 Å². The third kappa shape index (κ3) is 2.96. The van der Waals surface area contributed by atoms with Gasteiger partial charge in [0, 0.05) is 18.2 Å². The van der Waals surface area contributed by atoms with Crippen LogP contribution in [0.25, 0.3) is 0 Å². The number of hydrogen-bond donors (Lipinski definition) is 0. The summed E-state index contributed by atoms with van der Waals surface area (Å²) in [7, 11) is 0. The summed E-state index contributed by atoms with van der Waals surface area (Å²) in [5.41, 5.74) is 2.44. The van der Waals surface area contributed by atoms with E-state index in [9.17, 15) is 0 Å². The number of anilines is 1. The average molecular weight is 308 g/mol. The van der Waals surface area contributed by atoms with Crippen molar-refractivity contribution in [2.75, 3.05) is 4.90 Å². The van der Waals surface area contributed by atoms with E-state index in [-0.39, 0.29) is 0 Å². The van der Waals surface area contributed by atoms with E-state index in [0.29, 0.717) is 11.2 Å². The molecule has 3 nitrogen and oxygen atoms in total. The molecule has 1 aliphatic carbocycles. The Hall–Kier alpha value is -1.13. The van der Waals surface area contributed by atoms with Crippen molar-refractivity contribution < 1.29 is 0 Å². The molecule has 0 amide bonds. The molecule has 0 unspecified atom stereocenters. The van der Waals surface area contributed by atoms with Gasteiger partial charge in [-0.25, -0.2) is 9.97 Å². The topological polar surface area (TPSA) is 29.0 Å². The molecule has 106 valence electrons. The van der Waals surface area contributed by atoms with E-state index < -0.39 is 0 Å². The number of nitrogens with zero attached hydrogens (tertiary/aromatic N) is 3. The first kappa shape index (κ1) is 13.8. The van der Waals surface area contributed by atoms with Gasteiger partial charge in [0.2, 0.25) is 0 Å². The van der Waals surface area contributed by atoms with Crippen LogP contribution in [0.15, 0.2) is 23.2 Å². The predicted molar refractivity (Wildman–Crippen MR) is 84.6 cm³/mol. The van der Waals surface area contributed by atoms with Crippen molar-refractivity contribution in [3.63, 3.8) is 0 Å². The van der Waals surface area contributed by atoms with Crippen LogP contribution in [0.4, 0.5) is 5.82 Å². The highest BCUT2D eigenvalue weighted by molar-refractivity contribution is 7.07. The van der Waals surface area contributed by atoms with Crippen LogP contribution in [0.2, 0.25) is 5.15 Å². The van der Waals surface area contributed by atoms with Crippen LogP contribution < -0.4 is 4.90 Å². The molecule has 0 bridgehead atoms. The Labute approximate surface area is 128 Å². The maximum Gasteiger partial charge on any atom is 0.137 e. The smallest absolute Gasteiger partial charge is 0.137 e. The number of hydrogen-bond acceptors (Lipinski definition) is 4. The van der Waals surface area contributed by atoms with Crippen molar-refractivity contribution in [3.05, 3.63) is 39.4 Å². The van der Waals surface area contributed by atoms with Gasteiger partial charge in [-0.3, -0.25) is 0 Å². The molecule has 2 aromatic heterocycles. The van der Waals surface area contributed by atoms with Crippen molar-refractivity contribution in [2.24, 2.45) is 0 Å². The molecule has 1 aliphatic rings. The molecule has 0 spiro atoms. The monoisotopic (exact) mass is 307 g/mol. The second-order valence-corrected chi connectivity index (χ2v) is 6.35. The number of aromatic nitrogens is 2. The van der Waals surface area contributed by atoms with Crippen LogP contribution in [0.1, 0.15) is 37.3 Å². The van der Waals surface area contributed by atoms with E-state index in [1.807, 2.05) is 0 Å². The SMILES string of the molecule is CCCc1c(Cl)ncnc1N(Cc1ccsc1)C1CC1. The largest absolute Gasteiger partial charge is 0.349 e. The number of thiophene rings is 1. The van der Waals surface area contributed by atoms with E-state index in [1.165, 1.54) is 18.4 Å². The van der Waals surface area contributed by atoms with E-state index in [0.717, 1.165) is 30.8 Å². The Morgan fingerprint density at radius 1 is 1.40 bits per heavy atom. The summed E-state index contributed by atoms with van der Waals surface area (Å²) in [6.45, 7) is 3.08. The summed E-state index contributed by atoms with van der Waals surface area (Å²) < 4.78 is 0. The van der Waals surface area contributed by atoms with E-state index >= 15 is 0 Å². The molecule has 5 heteroatoms. The van der Waals surface area contributed by atoms with Crippen molar-refractivity contribution >= 4 is 28.8 Å². The Balaban J connectivity index is 1.93. The second-order valence-electron chi connectivity index (χ2n) is 5.21. The summed E-state index contributed by atoms with van der Waals surface area (Å²) >= 11 is 8.02. The van der Waals surface area contributed by atoms with Gasteiger partial charge in [-0.1, -0.05) is 24.9 Å². The molecule has 0 aromatic carbocycles. The number of halogens is 1. The van der Waals surface area contributed by atoms with Gasteiger partial charge in [0.05, 0.1) is 0 Å². The summed E-state index contributed by atoms with van der Waals surface area (Å²) in [5.74, 6) is 1.03. The van der Waals surface area contributed by atoms with Gasteiger partial charge in [0.25, 0.3) is 0 Å². The van der Waals surface area contributed by atoms with Crippen LogP contribution in [-0.2, 0) is 13.0 Å². The van der Waals surface area contributed by atoms with Crippen LogP contribution >= 0.6 is 22.9 Å². The molecular formula is C15H18ClN3S. The van der Waals surface area contributed by atoms with Gasteiger partial charge in [-0.2, -0.15) is 11.3 Å². The zero-order valence-electron chi connectivity index (χ0n) is 11.6. The van der Waals surface area contributed by atoms with Crippen LogP contribution in [-0.4, -0.2) is 16.0 Å². The Morgan fingerprint density at radius 2 is 2.25 bits per heavy atom. The van der Waals surface area contributed by atoms with Crippen molar-refractivity contribution in [3.8, 4) is 0 Å². The fourth-order valence-corrected chi connectivity index (χ4v) is 3.32. The fourth-order valence-electron chi connectivity index (χ4n) is 2.44. The summed E-state index contributed by atoms with van der Waals surface area (Å²) in [4.78, 5) is 11.1. The lowest BCUT2D eigenvalue weighted by Gasteiger charge is -2.25. The minimum Gasteiger partial charge on any atom is -0.349 e.